The first-order valence-corrected chi connectivity index (χ1v) is 6.57. The van der Waals surface area contributed by atoms with Gasteiger partial charge in [-0.2, -0.15) is 0 Å². The van der Waals surface area contributed by atoms with E-state index in [4.69, 9.17) is 4.74 Å². The van der Waals surface area contributed by atoms with Gasteiger partial charge >= 0.3 is 0 Å². The van der Waals surface area contributed by atoms with Crippen LogP contribution in [0.4, 0.5) is 0 Å². The summed E-state index contributed by atoms with van der Waals surface area (Å²) in [6, 6.07) is 4.30. The number of methoxy groups -OCH3 is 1. The third-order valence-corrected chi connectivity index (χ3v) is 3.33. The second kappa shape index (κ2) is 6.02. The van der Waals surface area contributed by atoms with Crippen LogP contribution in [0, 0.1) is 6.92 Å². The van der Waals surface area contributed by atoms with E-state index >= 15 is 0 Å². The zero-order chi connectivity index (χ0) is 13.8. The molecule has 2 heterocycles. The number of ether oxygens (including phenoxy) is 1. The number of nitrogens with zero attached hydrogens (tertiary/aromatic N) is 2. The number of hydrogen-bond donors (Lipinski definition) is 1. The van der Waals surface area contributed by atoms with Crippen LogP contribution in [-0.2, 0) is 11.3 Å². The molecule has 1 N–H and O–H groups in total. The maximum atomic E-state index is 11.2. The number of aryl methyl sites for hydroxylation is 1. The fourth-order valence-corrected chi connectivity index (χ4v) is 2.40. The Hall–Kier alpha value is -1.62. The Balaban J connectivity index is 1.94. The molecular weight excluding hydrogens is 242 g/mol. The van der Waals surface area contributed by atoms with Crippen molar-refractivity contribution < 1.29 is 9.53 Å². The summed E-state index contributed by atoms with van der Waals surface area (Å²) in [4.78, 5) is 17.7. The van der Waals surface area contributed by atoms with E-state index in [0.717, 1.165) is 30.8 Å². The largest absolute Gasteiger partial charge is 0.481 e. The highest BCUT2D eigenvalue weighted by Gasteiger charge is 2.22. The first-order chi connectivity index (χ1) is 9.08. The van der Waals surface area contributed by atoms with Gasteiger partial charge < -0.3 is 10.1 Å². The van der Waals surface area contributed by atoms with E-state index in [1.54, 1.807) is 7.11 Å². The van der Waals surface area contributed by atoms with Gasteiger partial charge in [-0.1, -0.05) is 6.07 Å². The van der Waals surface area contributed by atoms with Crippen LogP contribution in [-0.4, -0.2) is 42.5 Å². The number of amides is 1. The first-order valence-electron chi connectivity index (χ1n) is 6.57. The maximum Gasteiger partial charge on any atom is 0.220 e. The standard InChI is InChI=1S/C14H21N3O2/c1-10-4-5-11(14(15-10)19-3)8-17(2)9-12-6-7-13(18)16-12/h4-5,12H,6-9H2,1-3H3,(H,16,18). The molecule has 1 atom stereocenters. The second-order valence-corrected chi connectivity index (χ2v) is 5.12. The highest BCUT2D eigenvalue weighted by molar-refractivity contribution is 5.78. The zero-order valence-electron chi connectivity index (χ0n) is 11.8. The SMILES string of the molecule is COc1nc(C)ccc1CN(C)CC1CCC(=O)N1. The van der Waals surface area contributed by atoms with E-state index < -0.39 is 0 Å². The summed E-state index contributed by atoms with van der Waals surface area (Å²) >= 11 is 0. The minimum atomic E-state index is 0.160. The Bertz CT molecular complexity index is 462. The fraction of sp³-hybridized carbons (Fsp3) is 0.571. The van der Waals surface area contributed by atoms with Crippen LogP contribution in [0.15, 0.2) is 12.1 Å². The van der Waals surface area contributed by atoms with Crippen molar-refractivity contribution in [1.82, 2.24) is 15.2 Å². The van der Waals surface area contributed by atoms with Gasteiger partial charge in [-0.05, 0) is 26.5 Å². The minimum Gasteiger partial charge on any atom is -0.481 e. The van der Waals surface area contributed by atoms with Crippen molar-refractivity contribution in [2.75, 3.05) is 20.7 Å². The molecule has 1 aliphatic rings. The molecule has 1 saturated heterocycles. The van der Waals surface area contributed by atoms with Crippen molar-refractivity contribution in [3.63, 3.8) is 0 Å². The van der Waals surface area contributed by atoms with E-state index in [1.807, 2.05) is 26.1 Å². The van der Waals surface area contributed by atoms with Crippen LogP contribution in [0.1, 0.15) is 24.1 Å². The highest BCUT2D eigenvalue weighted by atomic mass is 16.5. The molecule has 0 aliphatic carbocycles. The van der Waals surface area contributed by atoms with Gasteiger partial charge in [-0.15, -0.1) is 0 Å². The summed E-state index contributed by atoms with van der Waals surface area (Å²) < 4.78 is 5.31. The van der Waals surface area contributed by atoms with Crippen molar-refractivity contribution in [1.29, 1.82) is 0 Å². The average Bonchev–Trinajstić information content (AvgIpc) is 2.76. The van der Waals surface area contributed by atoms with E-state index in [0.29, 0.717) is 12.3 Å². The van der Waals surface area contributed by atoms with Gasteiger partial charge in [-0.3, -0.25) is 9.69 Å². The van der Waals surface area contributed by atoms with Gasteiger partial charge in [0.05, 0.1) is 7.11 Å². The maximum absolute atomic E-state index is 11.2. The summed E-state index contributed by atoms with van der Waals surface area (Å²) in [6.07, 6.45) is 1.57. The Morgan fingerprint density at radius 3 is 2.95 bits per heavy atom. The second-order valence-electron chi connectivity index (χ2n) is 5.12. The summed E-state index contributed by atoms with van der Waals surface area (Å²) in [7, 11) is 3.69. The summed E-state index contributed by atoms with van der Waals surface area (Å²) in [5.74, 6) is 0.843. The Morgan fingerprint density at radius 2 is 2.32 bits per heavy atom. The highest BCUT2D eigenvalue weighted by Crippen LogP contribution is 2.18. The molecule has 0 spiro atoms. The van der Waals surface area contributed by atoms with Gasteiger partial charge in [0.15, 0.2) is 0 Å². The van der Waals surface area contributed by atoms with Gasteiger partial charge in [-0.25, -0.2) is 4.98 Å². The van der Waals surface area contributed by atoms with Crippen molar-refractivity contribution in [3.05, 3.63) is 23.4 Å². The number of rotatable bonds is 5. The molecule has 0 saturated carbocycles. The number of carbonyl (C=O) groups is 1. The predicted octanol–water partition coefficient (Wildman–Crippen LogP) is 1.11. The number of nitrogens with one attached hydrogen (secondary N) is 1. The van der Waals surface area contributed by atoms with Crippen LogP contribution < -0.4 is 10.1 Å². The molecule has 1 aromatic rings. The van der Waals surface area contributed by atoms with Crippen LogP contribution in [0.5, 0.6) is 5.88 Å². The van der Waals surface area contributed by atoms with Gasteiger partial charge in [0, 0.05) is 36.8 Å². The molecule has 5 heteroatoms. The smallest absolute Gasteiger partial charge is 0.220 e. The molecule has 1 aliphatic heterocycles. The van der Waals surface area contributed by atoms with Crippen LogP contribution in [0.25, 0.3) is 0 Å². The Kier molecular flexibility index (Phi) is 4.37. The molecule has 0 bridgehead atoms. The van der Waals surface area contributed by atoms with Crippen molar-refractivity contribution in [3.8, 4) is 5.88 Å². The molecule has 1 fully saturated rings. The number of hydrogen-bond acceptors (Lipinski definition) is 4. The van der Waals surface area contributed by atoms with E-state index in [1.165, 1.54) is 0 Å². The van der Waals surface area contributed by atoms with E-state index in [9.17, 15) is 4.79 Å². The van der Waals surface area contributed by atoms with Crippen molar-refractivity contribution >= 4 is 5.91 Å². The lowest BCUT2D eigenvalue weighted by Crippen LogP contribution is -2.36. The quantitative estimate of drug-likeness (QED) is 0.864. The number of carbonyl (C=O) groups excluding carboxylic acids is 1. The van der Waals surface area contributed by atoms with Crippen molar-refractivity contribution in [2.24, 2.45) is 0 Å². The van der Waals surface area contributed by atoms with Crippen LogP contribution >= 0.6 is 0 Å². The average molecular weight is 263 g/mol. The van der Waals surface area contributed by atoms with Crippen LogP contribution in [0.2, 0.25) is 0 Å². The molecule has 19 heavy (non-hydrogen) atoms. The summed E-state index contributed by atoms with van der Waals surface area (Å²) in [5, 5.41) is 2.98. The van der Waals surface area contributed by atoms with Gasteiger partial charge in [0.2, 0.25) is 11.8 Å². The predicted molar refractivity (Wildman–Crippen MR) is 73.0 cm³/mol. The molecule has 0 radical (unpaired) electrons. The Labute approximate surface area is 114 Å². The number of aromatic nitrogens is 1. The summed E-state index contributed by atoms with van der Waals surface area (Å²) in [6.45, 7) is 3.57. The molecule has 1 aromatic heterocycles. The number of likely N-dealkylation sites (N-methyl/N-ethyl adjacent to an activating group) is 1. The molecule has 5 nitrogen and oxygen atoms in total. The third kappa shape index (κ3) is 3.67. The molecule has 1 unspecified atom stereocenters. The minimum absolute atomic E-state index is 0.160. The fourth-order valence-electron chi connectivity index (χ4n) is 2.40. The summed E-state index contributed by atoms with van der Waals surface area (Å²) in [5.41, 5.74) is 2.02. The van der Waals surface area contributed by atoms with Gasteiger partial charge in [0.25, 0.3) is 0 Å². The van der Waals surface area contributed by atoms with Crippen LogP contribution in [0.3, 0.4) is 0 Å². The third-order valence-electron chi connectivity index (χ3n) is 3.33. The lowest BCUT2D eigenvalue weighted by molar-refractivity contribution is -0.119. The molecule has 1 amide bonds. The molecule has 2 rings (SSSR count). The van der Waals surface area contributed by atoms with E-state index in [-0.39, 0.29) is 11.9 Å². The topological polar surface area (TPSA) is 54.5 Å². The molecular formula is C14H21N3O2. The molecule has 104 valence electrons. The molecule has 0 aromatic carbocycles. The lowest BCUT2D eigenvalue weighted by Gasteiger charge is -2.21. The van der Waals surface area contributed by atoms with Crippen molar-refractivity contribution in [2.45, 2.75) is 32.4 Å². The van der Waals surface area contributed by atoms with E-state index in [2.05, 4.69) is 15.2 Å². The monoisotopic (exact) mass is 263 g/mol. The lowest BCUT2D eigenvalue weighted by atomic mass is 10.2. The Morgan fingerprint density at radius 1 is 1.53 bits per heavy atom. The van der Waals surface area contributed by atoms with Gasteiger partial charge in [0.1, 0.15) is 0 Å². The first kappa shape index (κ1) is 13.8. The zero-order valence-corrected chi connectivity index (χ0v) is 11.8. The normalized spacial score (nSPS) is 18.7. The number of pyridine rings is 1.